The van der Waals surface area contributed by atoms with E-state index in [1.165, 1.54) is 24.5 Å². The maximum Gasteiger partial charge on any atom is 0.265 e. The van der Waals surface area contributed by atoms with Gasteiger partial charge < -0.3 is 5.11 Å². The molecule has 1 aromatic carbocycles. The van der Waals surface area contributed by atoms with Gasteiger partial charge in [-0.25, -0.2) is 8.42 Å². The number of hydrogen-bond donors (Lipinski definition) is 3. The van der Waals surface area contributed by atoms with E-state index < -0.39 is 10.0 Å². The second kappa shape index (κ2) is 4.10. The Hall–Kier alpha value is -2.02. The second-order valence-corrected chi connectivity index (χ2v) is 5.22. The van der Waals surface area contributed by atoms with Gasteiger partial charge in [0.25, 0.3) is 10.0 Å². The third-order valence-corrected chi connectivity index (χ3v) is 3.58. The summed E-state index contributed by atoms with van der Waals surface area (Å²) in [6, 6.07) is 4.47. The Morgan fingerprint density at radius 3 is 2.76 bits per heavy atom. The van der Waals surface area contributed by atoms with Crippen LogP contribution < -0.4 is 4.72 Å². The van der Waals surface area contributed by atoms with Crippen LogP contribution in [0.4, 0.5) is 5.69 Å². The molecule has 0 fully saturated rings. The van der Waals surface area contributed by atoms with Gasteiger partial charge in [0.05, 0.1) is 6.20 Å². The average Bonchev–Trinajstić information content (AvgIpc) is 2.77. The number of nitrogens with zero attached hydrogens (tertiary/aromatic N) is 1. The van der Waals surface area contributed by atoms with Gasteiger partial charge in [0.2, 0.25) is 0 Å². The molecule has 0 aliphatic rings. The minimum Gasteiger partial charge on any atom is -0.508 e. The first-order valence-corrected chi connectivity index (χ1v) is 6.28. The van der Waals surface area contributed by atoms with Gasteiger partial charge in [-0.15, -0.1) is 0 Å². The fourth-order valence-corrected chi connectivity index (χ4v) is 2.27. The molecule has 2 rings (SSSR count). The van der Waals surface area contributed by atoms with E-state index >= 15 is 0 Å². The molecule has 0 spiro atoms. The van der Waals surface area contributed by atoms with Crippen molar-refractivity contribution in [1.82, 2.24) is 10.2 Å². The van der Waals surface area contributed by atoms with Crippen LogP contribution >= 0.6 is 0 Å². The SMILES string of the molecule is Cc1cc(NS(=O)(=O)c2cn[nH]c2)ccc1O. The highest BCUT2D eigenvalue weighted by Gasteiger charge is 2.15. The Labute approximate surface area is 98.4 Å². The zero-order valence-corrected chi connectivity index (χ0v) is 9.82. The molecule has 17 heavy (non-hydrogen) atoms. The van der Waals surface area contributed by atoms with Crippen LogP contribution in [0.5, 0.6) is 5.75 Å². The van der Waals surface area contributed by atoms with Crippen LogP contribution in [-0.4, -0.2) is 23.7 Å². The maximum absolute atomic E-state index is 11.8. The number of rotatable bonds is 3. The highest BCUT2D eigenvalue weighted by Crippen LogP contribution is 2.22. The zero-order chi connectivity index (χ0) is 12.5. The van der Waals surface area contributed by atoms with E-state index in [9.17, 15) is 13.5 Å². The molecule has 0 amide bonds. The van der Waals surface area contributed by atoms with Gasteiger partial charge >= 0.3 is 0 Å². The topological polar surface area (TPSA) is 95.1 Å². The summed E-state index contributed by atoms with van der Waals surface area (Å²) in [7, 11) is -3.62. The molecule has 2 aromatic rings. The fourth-order valence-electron chi connectivity index (χ4n) is 1.32. The van der Waals surface area contributed by atoms with E-state index in [4.69, 9.17) is 0 Å². The van der Waals surface area contributed by atoms with E-state index in [2.05, 4.69) is 14.9 Å². The molecule has 0 bridgehead atoms. The van der Waals surface area contributed by atoms with Gasteiger partial charge in [-0.2, -0.15) is 5.10 Å². The van der Waals surface area contributed by atoms with Gasteiger partial charge in [0.15, 0.2) is 0 Å². The zero-order valence-electron chi connectivity index (χ0n) is 9.01. The Kier molecular flexibility index (Phi) is 2.76. The fraction of sp³-hybridized carbons (Fsp3) is 0.100. The summed E-state index contributed by atoms with van der Waals surface area (Å²) in [6.07, 6.45) is 2.51. The Balaban J connectivity index is 2.30. The number of nitrogens with one attached hydrogen (secondary N) is 2. The lowest BCUT2D eigenvalue weighted by Crippen LogP contribution is -2.12. The number of sulfonamides is 1. The van der Waals surface area contributed by atoms with E-state index in [1.54, 1.807) is 13.0 Å². The lowest BCUT2D eigenvalue weighted by Gasteiger charge is -2.07. The Bertz CT molecular complexity index is 620. The van der Waals surface area contributed by atoms with Crippen molar-refractivity contribution < 1.29 is 13.5 Å². The normalized spacial score (nSPS) is 11.4. The van der Waals surface area contributed by atoms with Crippen LogP contribution in [0.1, 0.15) is 5.56 Å². The minimum atomic E-state index is -3.62. The lowest BCUT2D eigenvalue weighted by molar-refractivity contribution is 0.471. The average molecular weight is 253 g/mol. The molecule has 1 aromatic heterocycles. The monoisotopic (exact) mass is 253 g/mol. The van der Waals surface area contributed by atoms with Crippen molar-refractivity contribution in [3.8, 4) is 5.75 Å². The third kappa shape index (κ3) is 2.39. The van der Waals surface area contributed by atoms with Gasteiger partial charge in [0.1, 0.15) is 10.6 Å². The number of phenolic OH excluding ortho intramolecular Hbond substituents is 1. The highest BCUT2D eigenvalue weighted by atomic mass is 32.2. The number of anilines is 1. The molecule has 0 saturated carbocycles. The summed E-state index contributed by atoms with van der Waals surface area (Å²) < 4.78 is 26.0. The van der Waals surface area contributed by atoms with Crippen LogP contribution in [0, 0.1) is 6.92 Å². The highest BCUT2D eigenvalue weighted by molar-refractivity contribution is 7.92. The van der Waals surface area contributed by atoms with Crippen molar-refractivity contribution in [3.63, 3.8) is 0 Å². The van der Waals surface area contributed by atoms with E-state index in [1.807, 2.05) is 0 Å². The van der Waals surface area contributed by atoms with E-state index in [-0.39, 0.29) is 10.6 Å². The summed E-state index contributed by atoms with van der Waals surface area (Å²) >= 11 is 0. The second-order valence-electron chi connectivity index (χ2n) is 3.54. The number of aromatic amines is 1. The van der Waals surface area contributed by atoms with Crippen molar-refractivity contribution in [2.45, 2.75) is 11.8 Å². The first-order chi connectivity index (χ1) is 7.99. The summed E-state index contributed by atoms with van der Waals surface area (Å²) in [5.41, 5.74) is 0.985. The standard InChI is InChI=1S/C10H11N3O3S/c1-7-4-8(2-3-10(7)14)13-17(15,16)9-5-11-12-6-9/h2-6,13-14H,1H3,(H,11,12). The van der Waals surface area contributed by atoms with Crippen molar-refractivity contribution in [3.05, 3.63) is 36.2 Å². The number of phenols is 1. The molecule has 0 aliphatic carbocycles. The quantitative estimate of drug-likeness (QED) is 0.717. The van der Waals surface area contributed by atoms with Crippen molar-refractivity contribution in [1.29, 1.82) is 0 Å². The summed E-state index contributed by atoms with van der Waals surface area (Å²) in [5.74, 6) is 0.122. The van der Waals surface area contributed by atoms with Crippen LogP contribution in [0.3, 0.4) is 0 Å². The number of aromatic nitrogens is 2. The van der Waals surface area contributed by atoms with Crippen LogP contribution in [0.25, 0.3) is 0 Å². The van der Waals surface area contributed by atoms with Gasteiger partial charge in [-0.05, 0) is 30.7 Å². The molecule has 3 N–H and O–H groups in total. The number of aromatic hydroxyl groups is 1. The molecule has 0 saturated heterocycles. The molecular weight excluding hydrogens is 242 g/mol. The molecule has 0 aliphatic heterocycles. The smallest absolute Gasteiger partial charge is 0.265 e. The Morgan fingerprint density at radius 2 is 2.18 bits per heavy atom. The molecule has 0 radical (unpaired) electrons. The van der Waals surface area contributed by atoms with Crippen LogP contribution in [0.15, 0.2) is 35.5 Å². The van der Waals surface area contributed by atoms with Crippen LogP contribution in [-0.2, 0) is 10.0 Å². The molecule has 7 heteroatoms. The van der Waals surface area contributed by atoms with Gasteiger partial charge in [-0.3, -0.25) is 9.82 Å². The lowest BCUT2D eigenvalue weighted by atomic mass is 10.2. The first-order valence-electron chi connectivity index (χ1n) is 4.80. The molecule has 1 heterocycles. The van der Waals surface area contributed by atoms with Crippen LogP contribution in [0.2, 0.25) is 0 Å². The molecule has 0 unspecified atom stereocenters. The maximum atomic E-state index is 11.8. The van der Waals surface area contributed by atoms with E-state index in [0.717, 1.165) is 0 Å². The molecule has 0 atom stereocenters. The molecular formula is C10H11N3O3S. The minimum absolute atomic E-state index is 0.0585. The van der Waals surface area contributed by atoms with Gasteiger partial charge in [-0.1, -0.05) is 0 Å². The third-order valence-electron chi connectivity index (χ3n) is 2.23. The number of benzene rings is 1. The van der Waals surface area contributed by atoms with Crippen molar-refractivity contribution in [2.24, 2.45) is 0 Å². The predicted molar refractivity (Wildman–Crippen MR) is 62.2 cm³/mol. The number of hydrogen-bond acceptors (Lipinski definition) is 4. The first kappa shape index (κ1) is 11.5. The van der Waals surface area contributed by atoms with Crippen molar-refractivity contribution >= 4 is 15.7 Å². The van der Waals surface area contributed by atoms with Gasteiger partial charge in [0, 0.05) is 11.9 Å². The predicted octanol–water partition coefficient (Wildman–Crippen LogP) is 1.22. The molecule has 90 valence electrons. The molecule has 6 nitrogen and oxygen atoms in total. The number of H-pyrrole nitrogens is 1. The summed E-state index contributed by atoms with van der Waals surface area (Å²) in [6.45, 7) is 1.69. The van der Waals surface area contributed by atoms with E-state index in [0.29, 0.717) is 11.3 Å². The largest absolute Gasteiger partial charge is 0.508 e. The summed E-state index contributed by atoms with van der Waals surface area (Å²) in [5, 5.41) is 15.3. The Morgan fingerprint density at radius 1 is 1.41 bits per heavy atom. The summed E-state index contributed by atoms with van der Waals surface area (Å²) in [4.78, 5) is 0.0585. The number of aryl methyl sites for hydroxylation is 1. The van der Waals surface area contributed by atoms with Crippen molar-refractivity contribution in [2.75, 3.05) is 4.72 Å².